The van der Waals surface area contributed by atoms with Crippen molar-refractivity contribution >= 4 is 29.1 Å². The van der Waals surface area contributed by atoms with Crippen LogP contribution >= 0.6 is 11.3 Å². The maximum absolute atomic E-state index is 13.1. The third-order valence-electron chi connectivity index (χ3n) is 5.41. The molecular formula is C23H29N3O5S. The number of phenols is 1. The van der Waals surface area contributed by atoms with Gasteiger partial charge in [0.25, 0.3) is 0 Å². The predicted octanol–water partition coefficient (Wildman–Crippen LogP) is 1.43. The molecule has 0 spiro atoms. The number of ether oxygens (including phenoxy) is 1. The van der Waals surface area contributed by atoms with Crippen LogP contribution in [0.25, 0.3) is 0 Å². The smallest absolute Gasteiger partial charge is 0.246 e. The number of benzene rings is 1. The first-order valence-electron chi connectivity index (χ1n) is 10.6. The number of amides is 3. The number of rotatable bonds is 11. The van der Waals surface area contributed by atoms with Gasteiger partial charge < -0.3 is 25.0 Å². The van der Waals surface area contributed by atoms with Crippen LogP contribution in [0.4, 0.5) is 0 Å². The second kappa shape index (κ2) is 11.6. The molecule has 0 saturated carbocycles. The van der Waals surface area contributed by atoms with Gasteiger partial charge in [0.1, 0.15) is 11.8 Å². The van der Waals surface area contributed by atoms with Crippen LogP contribution in [0.5, 0.6) is 5.75 Å². The number of hydrogen-bond donors (Lipinski definition) is 2. The summed E-state index contributed by atoms with van der Waals surface area (Å²) in [6, 6.07) is 9.93. The summed E-state index contributed by atoms with van der Waals surface area (Å²) < 4.78 is 5.06. The number of thiophene rings is 1. The summed E-state index contributed by atoms with van der Waals surface area (Å²) in [5.41, 5.74) is 0.982. The van der Waals surface area contributed by atoms with Gasteiger partial charge in [-0.25, -0.2) is 0 Å². The predicted molar refractivity (Wildman–Crippen MR) is 121 cm³/mol. The van der Waals surface area contributed by atoms with Crippen LogP contribution in [0.15, 0.2) is 41.8 Å². The standard InChI is InChI=1S/C23H29N3O5S/c1-31-13-12-25-16-22(29)26(11-9-19-3-2-14-32-19)20(23(25)30)15-21(28)24-10-8-17-4-6-18(27)7-5-17/h2-7,14,20,27H,8-13,15-16H2,1H3,(H,24,28). The summed E-state index contributed by atoms with van der Waals surface area (Å²) in [6.07, 6.45) is 1.17. The lowest BCUT2D eigenvalue weighted by Gasteiger charge is -2.40. The van der Waals surface area contributed by atoms with Crippen molar-refractivity contribution in [3.8, 4) is 5.75 Å². The van der Waals surface area contributed by atoms with E-state index >= 15 is 0 Å². The largest absolute Gasteiger partial charge is 0.508 e. The average Bonchev–Trinajstić information content (AvgIpc) is 3.29. The molecule has 0 radical (unpaired) electrons. The first kappa shape index (κ1) is 23.7. The van der Waals surface area contributed by atoms with E-state index in [0.29, 0.717) is 39.1 Å². The number of nitrogens with zero attached hydrogens (tertiary/aromatic N) is 2. The van der Waals surface area contributed by atoms with Crippen LogP contribution < -0.4 is 5.32 Å². The number of nitrogens with one attached hydrogen (secondary N) is 1. The van der Waals surface area contributed by atoms with E-state index < -0.39 is 6.04 Å². The van der Waals surface area contributed by atoms with E-state index in [1.807, 2.05) is 17.5 Å². The number of phenolic OH excluding ortho intramolecular Hbond substituents is 1. The number of hydrogen-bond acceptors (Lipinski definition) is 6. The Morgan fingerprint density at radius 1 is 1.19 bits per heavy atom. The van der Waals surface area contributed by atoms with E-state index in [-0.39, 0.29) is 36.4 Å². The Morgan fingerprint density at radius 2 is 1.97 bits per heavy atom. The van der Waals surface area contributed by atoms with Crippen molar-refractivity contribution in [3.63, 3.8) is 0 Å². The minimum atomic E-state index is -0.818. The number of piperazine rings is 1. The van der Waals surface area contributed by atoms with E-state index in [1.54, 1.807) is 47.6 Å². The highest BCUT2D eigenvalue weighted by Crippen LogP contribution is 2.18. The molecule has 0 aliphatic carbocycles. The van der Waals surface area contributed by atoms with Gasteiger partial charge in [-0.05, 0) is 42.0 Å². The topological polar surface area (TPSA) is 99.2 Å². The van der Waals surface area contributed by atoms with Gasteiger partial charge >= 0.3 is 0 Å². The van der Waals surface area contributed by atoms with Crippen LogP contribution in [-0.2, 0) is 32.0 Å². The minimum absolute atomic E-state index is 0.00556. The summed E-state index contributed by atoms with van der Waals surface area (Å²) in [5, 5.41) is 14.2. The van der Waals surface area contributed by atoms with Crippen LogP contribution in [0.3, 0.4) is 0 Å². The van der Waals surface area contributed by atoms with Gasteiger partial charge in [0.05, 0.1) is 19.6 Å². The van der Waals surface area contributed by atoms with E-state index in [9.17, 15) is 19.5 Å². The van der Waals surface area contributed by atoms with Crippen molar-refractivity contribution in [1.29, 1.82) is 0 Å². The molecule has 2 heterocycles. The van der Waals surface area contributed by atoms with Crippen LogP contribution in [-0.4, -0.2) is 78.6 Å². The van der Waals surface area contributed by atoms with Crippen molar-refractivity contribution in [2.24, 2.45) is 0 Å². The third kappa shape index (κ3) is 6.54. The molecule has 1 saturated heterocycles. The van der Waals surface area contributed by atoms with Crippen molar-refractivity contribution in [3.05, 3.63) is 52.2 Å². The Kier molecular flexibility index (Phi) is 8.64. The Hall–Kier alpha value is -2.91. The SMILES string of the molecule is COCCN1CC(=O)N(CCc2cccs2)C(CC(=O)NCCc2ccc(O)cc2)C1=O. The van der Waals surface area contributed by atoms with Gasteiger partial charge in [0.15, 0.2) is 0 Å². The van der Waals surface area contributed by atoms with Gasteiger partial charge in [0, 0.05) is 31.6 Å². The zero-order chi connectivity index (χ0) is 22.9. The van der Waals surface area contributed by atoms with Crippen molar-refractivity contribution in [2.45, 2.75) is 25.3 Å². The molecule has 2 aromatic rings. The number of carbonyl (C=O) groups is 3. The summed E-state index contributed by atoms with van der Waals surface area (Å²) >= 11 is 1.61. The molecule has 1 aliphatic rings. The summed E-state index contributed by atoms with van der Waals surface area (Å²) in [6.45, 7) is 1.46. The van der Waals surface area contributed by atoms with E-state index in [4.69, 9.17) is 4.74 Å². The minimum Gasteiger partial charge on any atom is -0.508 e. The normalized spacial score (nSPS) is 16.5. The van der Waals surface area contributed by atoms with Crippen molar-refractivity contribution < 1.29 is 24.2 Å². The van der Waals surface area contributed by atoms with Gasteiger partial charge in [-0.2, -0.15) is 0 Å². The molecule has 1 aromatic carbocycles. The maximum atomic E-state index is 13.1. The van der Waals surface area contributed by atoms with E-state index in [1.165, 1.54) is 4.90 Å². The lowest BCUT2D eigenvalue weighted by Crippen LogP contribution is -2.61. The molecule has 3 amide bonds. The molecule has 3 rings (SSSR count). The highest BCUT2D eigenvalue weighted by atomic mass is 32.1. The molecular weight excluding hydrogens is 430 g/mol. The molecule has 9 heteroatoms. The number of methoxy groups -OCH3 is 1. The molecule has 32 heavy (non-hydrogen) atoms. The van der Waals surface area contributed by atoms with Gasteiger partial charge in [-0.1, -0.05) is 18.2 Å². The Morgan fingerprint density at radius 3 is 2.66 bits per heavy atom. The first-order valence-corrected chi connectivity index (χ1v) is 11.5. The highest BCUT2D eigenvalue weighted by molar-refractivity contribution is 7.09. The van der Waals surface area contributed by atoms with Crippen LogP contribution in [0, 0.1) is 0 Å². The Labute approximate surface area is 191 Å². The molecule has 1 unspecified atom stereocenters. The first-order chi connectivity index (χ1) is 15.5. The van der Waals surface area contributed by atoms with E-state index in [2.05, 4.69) is 5.32 Å². The molecule has 2 N–H and O–H groups in total. The molecule has 1 atom stereocenters. The maximum Gasteiger partial charge on any atom is 0.246 e. The van der Waals surface area contributed by atoms with Crippen LogP contribution in [0.2, 0.25) is 0 Å². The van der Waals surface area contributed by atoms with E-state index in [0.717, 1.165) is 10.4 Å². The molecule has 1 aromatic heterocycles. The summed E-state index contributed by atoms with van der Waals surface area (Å²) in [4.78, 5) is 42.7. The summed E-state index contributed by atoms with van der Waals surface area (Å²) in [5.74, 6) is -0.454. The van der Waals surface area contributed by atoms with Crippen molar-refractivity contribution in [1.82, 2.24) is 15.1 Å². The average molecular weight is 460 g/mol. The fourth-order valence-corrected chi connectivity index (χ4v) is 4.36. The zero-order valence-corrected chi connectivity index (χ0v) is 19.0. The number of aromatic hydroxyl groups is 1. The Bertz CT molecular complexity index is 901. The lowest BCUT2D eigenvalue weighted by atomic mass is 10.1. The molecule has 1 fully saturated rings. The molecule has 0 bridgehead atoms. The van der Waals surface area contributed by atoms with Gasteiger partial charge in [-0.15, -0.1) is 11.3 Å². The zero-order valence-electron chi connectivity index (χ0n) is 18.2. The second-order valence-corrected chi connectivity index (χ2v) is 8.69. The molecule has 1 aliphatic heterocycles. The monoisotopic (exact) mass is 459 g/mol. The fraction of sp³-hybridized carbons (Fsp3) is 0.435. The van der Waals surface area contributed by atoms with Crippen molar-refractivity contribution in [2.75, 3.05) is 39.9 Å². The second-order valence-electron chi connectivity index (χ2n) is 7.66. The fourth-order valence-electron chi connectivity index (χ4n) is 3.66. The van der Waals surface area contributed by atoms with Gasteiger partial charge in [-0.3, -0.25) is 14.4 Å². The number of carbonyl (C=O) groups excluding carboxylic acids is 3. The Balaban J connectivity index is 1.61. The van der Waals surface area contributed by atoms with Crippen LogP contribution in [0.1, 0.15) is 16.9 Å². The third-order valence-corrected chi connectivity index (χ3v) is 6.35. The highest BCUT2D eigenvalue weighted by Gasteiger charge is 2.39. The molecule has 8 nitrogen and oxygen atoms in total. The quantitative estimate of drug-likeness (QED) is 0.530. The lowest BCUT2D eigenvalue weighted by molar-refractivity contribution is -0.157. The summed E-state index contributed by atoms with van der Waals surface area (Å²) in [7, 11) is 1.54. The molecule has 172 valence electrons. The van der Waals surface area contributed by atoms with Gasteiger partial charge in [0.2, 0.25) is 17.7 Å².